The fourth-order valence-corrected chi connectivity index (χ4v) is 11.2. The van der Waals surface area contributed by atoms with Crippen molar-refractivity contribution in [2.24, 2.45) is 0 Å². The second-order valence-electron chi connectivity index (χ2n) is 19.5. The topological polar surface area (TPSA) is 0 Å². The Bertz CT molecular complexity index is 4090. The molecule has 348 valence electrons. The van der Waals surface area contributed by atoms with Crippen LogP contribution in [-0.4, -0.2) is 0 Å². The van der Waals surface area contributed by atoms with Crippen molar-refractivity contribution >= 4 is 70.7 Å². The molecular weight excluding hydrogens is 877 g/mol. The van der Waals surface area contributed by atoms with Gasteiger partial charge in [-0.2, -0.15) is 0 Å². The summed E-state index contributed by atoms with van der Waals surface area (Å²) < 4.78 is 0. The van der Waals surface area contributed by atoms with Crippen LogP contribution in [0.15, 0.2) is 273 Å². The molecular formula is C73H56. The lowest BCUT2D eigenvalue weighted by Gasteiger charge is -2.21. The quantitative estimate of drug-likeness (QED) is 0.120. The molecule has 1 atom stereocenters. The van der Waals surface area contributed by atoms with Gasteiger partial charge in [-0.05, 0) is 171 Å². The van der Waals surface area contributed by atoms with Crippen molar-refractivity contribution in [1.82, 2.24) is 0 Å². The summed E-state index contributed by atoms with van der Waals surface area (Å²) in [6, 6.07) is 97.9. The predicted molar refractivity (Wildman–Crippen MR) is 316 cm³/mol. The molecule has 0 heteroatoms. The van der Waals surface area contributed by atoms with Crippen LogP contribution in [0.4, 0.5) is 0 Å². The summed E-state index contributed by atoms with van der Waals surface area (Å²) in [6.07, 6.45) is 7.48. The van der Waals surface area contributed by atoms with E-state index in [1.165, 1.54) is 120 Å². The predicted octanol–water partition coefficient (Wildman–Crippen LogP) is 20.0. The molecule has 13 aromatic rings. The second kappa shape index (κ2) is 20.5. The molecule has 0 aliphatic rings. The maximum Gasteiger partial charge on any atom is 0.00927 e. The van der Waals surface area contributed by atoms with E-state index in [1.807, 2.05) is 0 Å². The first-order valence-corrected chi connectivity index (χ1v) is 25.8. The number of rotatable bonds is 10. The SMILES string of the molecule is C(=Cc1ccc2c(-c3ccccc3)cc3ccccc3c2c1)Cc1ccc(C(CCc2cccc3ccccc23)c2ccc3cc(-c4ccccc4)c4ccccc4c3c2)cc1.Cc1cccc2ccccc12. The Hall–Kier alpha value is -8.84. The first kappa shape index (κ1) is 45.3. The molecule has 0 N–H and O–H groups in total. The largest absolute Gasteiger partial charge is 0.0795 e. The van der Waals surface area contributed by atoms with E-state index in [9.17, 15) is 0 Å². The van der Waals surface area contributed by atoms with Crippen LogP contribution in [0.1, 0.15) is 45.7 Å². The summed E-state index contributed by atoms with van der Waals surface area (Å²) in [5.74, 6) is 0.240. The number of benzene rings is 13. The number of allylic oxidation sites excluding steroid dienone is 1. The molecule has 0 aliphatic heterocycles. The van der Waals surface area contributed by atoms with Gasteiger partial charge in [0.1, 0.15) is 0 Å². The van der Waals surface area contributed by atoms with Gasteiger partial charge in [-0.25, -0.2) is 0 Å². The average molecular weight is 933 g/mol. The van der Waals surface area contributed by atoms with E-state index >= 15 is 0 Å². The Morgan fingerprint density at radius 2 is 0.877 bits per heavy atom. The van der Waals surface area contributed by atoms with Gasteiger partial charge in [0.2, 0.25) is 0 Å². The first-order valence-electron chi connectivity index (χ1n) is 25.8. The molecule has 0 saturated heterocycles. The van der Waals surface area contributed by atoms with E-state index in [-0.39, 0.29) is 5.92 Å². The Labute approximate surface area is 429 Å². The van der Waals surface area contributed by atoms with Crippen molar-refractivity contribution in [3.8, 4) is 22.3 Å². The summed E-state index contributed by atoms with van der Waals surface area (Å²) in [7, 11) is 0. The van der Waals surface area contributed by atoms with Gasteiger partial charge < -0.3 is 0 Å². The molecule has 0 bridgehead atoms. The average Bonchev–Trinajstić information content (AvgIpc) is 3.46. The molecule has 0 saturated carbocycles. The zero-order valence-corrected chi connectivity index (χ0v) is 41.3. The highest BCUT2D eigenvalue weighted by molar-refractivity contribution is 6.15. The van der Waals surface area contributed by atoms with Gasteiger partial charge in [-0.1, -0.05) is 255 Å². The minimum atomic E-state index is 0.240. The molecule has 0 fully saturated rings. The maximum atomic E-state index is 2.48. The van der Waals surface area contributed by atoms with Gasteiger partial charge >= 0.3 is 0 Å². The minimum Gasteiger partial charge on any atom is -0.0795 e. The van der Waals surface area contributed by atoms with Crippen molar-refractivity contribution in [3.63, 3.8) is 0 Å². The van der Waals surface area contributed by atoms with Crippen LogP contribution in [0.3, 0.4) is 0 Å². The van der Waals surface area contributed by atoms with Crippen LogP contribution >= 0.6 is 0 Å². The number of aryl methyl sites for hydroxylation is 2. The van der Waals surface area contributed by atoms with Gasteiger partial charge in [-0.3, -0.25) is 0 Å². The Balaban J connectivity index is 0.000000435. The van der Waals surface area contributed by atoms with Crippen molar-refractivity contribution < 1.29 is 0 Å². The summed E-state index contributed by atoms with van der Waals surface area (Å²) in [6.45, 7) is 2.14. The lowest BCUT2D eigenvalue weighted by atomic mass is 9.83. The highest BCUT2D eigenvalue weighted by Gasteiger charge is 2.18. The molecule has 1 unspecified atom stereocenters. The third kappa shape index (κ3) is 9.44. The van der Waals surface area contributed by atoms with Crippen molar-refractivity contribution in [2.45, 2.75) is 32.1 Å². The van der Waals surface area contributed by atoms with Crippen molar-refractivity contribution in [3.05, 3.63) is 306 Å². The molecule has 0 radical (unpaired) electrons. The Kier molecular flexibility index (Phi) is 12.7. The number of fused-ring (bicyclic) bond motifs is 8. The van der Waals surface area contributed by atoms with E-state index < -0.39 is 0 Å². The fraction of sp³-hybridized carbons (Fsp3) is 0.0685. The fourth-order valence-electron chi connectivity index (χ4n) is 11.2. The number of hydrogen-bond donors (Lipinski definition) is 0. The maximum absolute atomic E-state index is 2.48. The smallest absolute Gasteiger partial charge is 0.00927 e. The van der Waals surface area contributed by atoms with E-state index in [0.717, 1.165) is 19.3 Å². The number of hydrogen-bond acceptors (Lipinski definition) is 0. The lowest BCUT2D eigenvalue weighted by Crippen LogP contribution is -2.04. The van der Waals surface area contributed by atoms with Crippen LogP contribution in [0.25, 0.3) is 93.0 Å². The third-order valence-electron chi connectivity index (χ3n) is 15.0. The van der Waals surface area contributed by atoms with E-state index in [0.29, 0.717) is 0 Å². The highest BCUT2D eigenvalue weighted by atomic mass is 14.2. The Morgan fingerprint density at radius 3 is 1.58 bits per heavy atom. The third-order valence-corrected chi connectivity index (χ3v) is 15.0. The summed E-state index contributed by atoms with van der Waals surface area (Å²) in [4.78, 5) is 0. The van der Waals surface area contributed by atoms with E-state index in [1.54, 1.807) is 0 Å². The first-order chi connectivity index (χ1) is 36.1. The summed E-state index contributed by atoms with van der Waals surface area (Å²) in [5, 5.41) is 15.7. The lowest BCUT2D eigenvalue weighted by molar-refractivity contribution is 0.718. The zero-order chi connectivity index (χ0) is 48.9. The van der Waals surface area contributed by atoms with Crippen LogP contribution in [0.5, 0.6) is 0 Å². The monoisotopic (exact) mass is 932 g/mol. The normalized spacial score (nSPS) is 12.0. The molecule has 0 nitrogen and oxygen atoms in total. The van der Waals surface area contributed by atoms with Crippen LogP contribution in [0.2, 0.25) is 0 Å². The van der Waals surface area contributed by atoms with Gasteiger partial charge in [0.25, 0.3) is 0 Å². The molecule has 13 rings (SSSR count). The summed E-state index contributed by atoms with van der Waals surface area (Å²) in [5.41, 5.74) is 13.1. The highest BCUT2D eigenvalue weighted by Crippen LogP contribution is 2.40. The van der Waals surface area contributed by atoms with Crippen LogP contribution < -0.4 is 0 Å². The summed E-state index contributed by atoms with van der Waals surface area (Å²) >= 11 is 0. The van der Waals surface area contributed by atoms with E-state index in [2.05, 4.69) is 286 Å². The second-order valence-corrected chi connectivity index (χ2v) is 19.5. The van der Waals surface area contributed by atoms with Gasteiger partial charge in [0.15, 0.2) is 0 Å². The molecule has 0 heterocycles. The molecule has 0 aromatic heterocycles. The standard InChI is InChI=1S/C62H46.C11H10/c1-3-17-46(18-4-1)59-42-52-35-34-51(41-61(52)57-28-12-11-27-56(57)59)54(38-36-48-24-14-23-45-21-7-9-25-53(45)48)49-32-29-43(30-33-49)15-13-16-44-31-37-58-60(47-19-5-2-6-20-47)40-50-22-8-10-26-55(50)62(58)39-44;1-9-5-4-7-10-6-2-3-8-11(9)10/h1-14,16-35,37,39-42,54H,15,36,38H2;2-8H,1H3. The molecule has 0 aliphatic carbocycles. The Morgan fingerprint density at radius 1 is 0.342 bits per heavy atom. The van der Waals surface area contributed by atoms with E-state index in [4.69, 9.17) is 0 Å². The van der Waals surface area contributed by atoms with Gasteiger partial charge in [-0.15, -0.1) is 0 Å². The zero-order valence-electron chi connectivity index (χ0n) is 41.3. The van der Waals surface area contributed by atoms with Crippen LogP contribution in [-0.2, 0) is 12.8 Å². The minimum absolute atomic E-state index is 0.240. The van der Waals surface area contributed by atoms with Crippen molar-refractivity contribution in [2.75, 3.05) is 0 Å². The molecule has 0 amide bonds. The van der Waals surface area contributed by atoms with Gasteiger partial charge in [0.05, 0.1) is 0 Å². The van der Waals surface area contributed by atoms with Crippen LogP contribution in [0, 0.1) is 6.92 Å². The molecule has 0 spiro atoms. The molecule has 73 heavy (non-hydrogen) atoms. The van der Waals surface area contributed by atoms with Crippen molar-refractivity contribution in [1.29, 1.82) is 0 Å². The molecule has 13 aromatic carbocycles. The van der Waals surface area contributed by atoms with Gasteiger partial charge in [0, 0.05) is 5.92 Å².